The van der Waals surface area contributed by atoms with E-state index < -0.39 is 12.0 Å². The third-order valence-electron chi connectivity index (χ3n) is 2.23. The highest BCUT2D eigenvalue weighted by molar-refractivity contribution is 7.99. The van der Waals surface area contributed by atoms with E-state index in [2.05, 4.69) is 0 Å². The van der Waals surface area contributed by atoms with Gasteiger partial charge in [-0.05, 0) is 30.2 Å². The van der Waals surface area contributed by atoms with Gasteiger partial charge in [-0.3, -0.25) is 4.79 Å². The van der Waals surface area contributed by atoms with Crippen molar-refractivity contribution < 1.29 is 9.90 Å². The molecule has 0 saturated heterocycles. The Kier molecular flexibility index (Phi) is 5.18. The van der Waals surface area contributed by atoms with Gasteiger partial charge in [-0.15, -0.1) is 23.5 Å². The molecule has 0 saturated carbocycles. The molecular formula is C11H15NO2S2. The topological polar surface area (TPSA) is 63.3 Å². The number of hydrogen-bond donors (Lipinski definition) is 2. The molecule has 0 aliphatic rings. The summed E-state index contributed by atoms with van der Waals surface area (Å²) >= 11 is 3.26. The molecule has 0 fully saturated rings. The monoisotopic (exact) mass is 257 g/mol. The summed E-state index contributed by atoms with van der Waals surface area (Å²) in [6.45, 7) is 0. The Hall–Kier alpha value is -0.650. The fourth-order valence-electron chi connectivity index (χ4n) is 1.42. The Morgan fingerprint density at radius 2 is 2.12 bits per heavy atom. The molecule has 0 radical (unpaired) electrons. The van der Waals surface area contributed by atoms with E-state index in [1.54, 1.807) is 23.5 Å². The van der Waals surface area contributed by atoms with Gasteiger partial charge < -0.3 is 10.8 Å². The maximum absolute atomic E-state index is 10.6. The van der Waals surface area contributed by atoms with Crippen molar-refractivity contribution >= 4 is 29.5 Å². The lowest BCUT2D eigenvalue weighted by atomic mass is 10.1. The molecule has 3 N–H and O–H groups in total. The van der Waals surface area contributed by atoms with Crippen molar-refractivity contribution in [3.63, 3.8) is 0 Å². The molecule has 0 spiro atoms. The highest BCUT2D eigenvalue weighted by Crippen LogP contribution is 2.30. The van der Waals surface area contributed by atoms with Crippen molar-refractivity contribution in [3.8, 4) is 0 Å². The van der Waals surface area contributed by atoms with Crippen LogP contribution in [0.1, 0.15) is 18.0 Å². The fraction of sp³-hybridized carbons (Fsp3) is 0.364. The second-order valence-electron chi connectivity index (χ2n) is 3.31. The summed E-state index contributed by atoms with van der Waals surface area (Å²) in [6, 6.07) is 5.51. The molecule has 1 aromatic carbocycles. The van der Waals surface area contributed by atoms with Crippen LogP contribution in [0.15, 0.2) is 28.0 Å². The van der Waals surface area contributed by atoms with Crippen molar-refractivity contribution in [1.82, 2.24) is 0 Å². The minimum atomic E-state index is -0.867. The Labute approximate surface area is 104 Å². The third kappa shape index (κ3) is 3.43. The van der Waals surface area contributed by atoms with Gasteiger partial charge in [-0.1, -0.05) is 6.07 Å². The maximum atomic E-state index is 10.6. The molecule has 3 nitrogen and oxygen atoms in total. The number of aliphatic carboxylic acids is 1. The molecule has 0 amide bonds. The van der Waals surface area contributed by atoms with E-state index in [1.807, 2.05) is 30.7 Å². The average Bonchev–Trinajstić information content (AvgIpc) is 2.27. The molecule has 5 heteroatoms. The number of rotatable bonds is 5. The number of carboxylic acid groups (broad SMARTS) is 1. The number of benzene rings is 1. The van der Waals surface area contributed by atoms with Crippen LogP contribution < -0.4 is 5.73 Å². The van der Waals surface area contributed by atoms with Gasteiger partial charge in [0.15, 0.2) is 0 Å². The van der Waals surface area contributed by atoms with Gasteiger partial charge in [0.25, 0.3) is 0 Å². The predicted molar refractivity (Wildman–Crippen MR) is 69.2 cm³/mol. The fourth-order valence-corrected chi connectivity index (χ4v) is 2.64. The van der Waals surface area contributed by atoms with Gasteiger partial charge in [0.1, 0.15) is 0 Å². The van der Waals surface area contributed by atoms with Crippen molar-refractivity contribution in [2.75, 3.05) is 12.5 Å². The summed E-state index contributed by atoms with van der Waals surface area (Å²) in [6.07, 6.45) is 3.94. The lowest BCUT2D eigenvalue weighted by Gasteiger charge is -2.14. The van der Waals surface area contributed by atoms with Crippen LogP contribution in [0.3, 0.4) is 0 Å². The zero-order valence-electron chi connectivity index (χ0n) is 9.27. The molecule has 1 unspecified atom stereocenters. The highest BCUT2D eigenvalue weighted by Gasteiger charge is 2.14. The molecule has 1 aromatic rings. The van der Waals surface area contributed by atoms with Gasteiger partial charge in [0.05, 0.1) is 6.42 Å². The van der Waals surface area contributed by atoms with Gasteiger partial charge >= 0.3 is 5.97 Å². The molecule has 1 atom stereocenters. The molecule has 0 heterocycles. The van der Waals surface area contributed by atoms with Gasteiger partial charge in [0.2, 0.25) is 0 Å². The second-order valence-corrected chi connectivity index (χ2v) is 5.04. The van der Waals surface area contributed by atoms with E-state index in [0.29, 0.717) is 0 Å². The quantitative estimate of drug-likeness (QED) is 0.794. The number of carboxylic acids is 1. The standard InChI is InChI=1S/C11H15NO2S2/c1-15-7-3-4-8(10(5-7)16-2)9(12)6-11(13)14/h3-5,9H,6,12H2,1-2H3,(H,13,14). The van der Waals surface area contributed by atoms with Crippen LogP contribution in [0, 0.1) is 0 Å². The maximum Gasteiger partial charge on any atom is 0.305 e. The van der Waals surface area contributed by atoms with Crippen LogP contribution in [0.4, 0.5) is 0 Å². The summed E-state index contributed by atoms with van der Waals surface area (Å²) in [5.74, 6) is -0.867. The van der Waals surface area contributed by atoms with Crippen LogP contribution in [0.5, 0.6) is 0 Å². The van der Waals surface area contributed by atoms with E-state index in [-0.39, 0.29) is 6.42 Å². The molecule has 0 aliphatic carbocycles. The molecule has 0 aromatic heterocycles. The van der Waals surface area contributed by atoms with E-state index in [1.165, 1.54) is 0 Å². The average molecular weight is 257 g/mol. The molecule has 16 heavy (non-hydrogen) atoms. The Morgan fingerprint density at radius 3 is 2.62 bits per heavy atom. The number of thioether (sulfide) groups is 2. The van der Waals surface area contributed by atoms with E-state index in [9.17, 15) is 4.79 Å². The predicted octanol–water partition coefficient (Wildman–Crippen LogP) is 2.60. The first-order valence-corrected chi connectivity index (χ1v) is 7.22. The third-order valence-corrected chi connectivity index (χ3v) is 3.75. The summed E-state index contributed by atoms with van der Waals surface area (Å²) in [7, 11) is 0. The summed E-state index contributed by atoms with van der Waals surface area (Å²) in [5, 5.41) is 8.72. The molecule has 0 bridgehead atoms. The summed E-state index contributed by atoms with van der Waals surface area (Å²) in [4.78, 5) is 12.8. The Morgan fingerprint density at radius 1 is 1.44 bits per heavy atom. The number of carbonyl (C=O) groups is 1. The first kappa shape index (κ1) is 13.4. The second kappa shape index (κ2) is 6.18. The van der Waals surface area contributed by atoms with Crippen molar-refractivity contribution in [2.24, 2.45) is 5.73 Å². The van der Waals surface area contributed by atoms with Gasteiger partial charge in [0, 0.05) is 15.8 Å². The van der Waals surface area contributed by atoms with Crippen LogP contribution in [-0.4, -0.2) is 23.6 Å². The Bertz CT molecular complexity index is 382. The van der Waals surface area contributed by atoms with Crippen molar-refractivity contribution in [3.05, 3.63) is 23.8 Å². The molecular weight excluding hydrogens is 242 g/mol. The largest absolute Gasteiger partial charge is 0.481 e. The van der Waals surface area contributed by atoms with E-state index in [4.69, 9.17) is 10.8 Å². The smallest absolute Gasteiger partial charge is 0.305 e. The summed E-state index contributed by atoms with van der Waals surface area (Å²) < 4.78 is 0. The van der Waals surface area contributed by atoms with Crippen LogP contribution in [0.2, 0.25) is 0 Å². The van der Waals surface area contributed by atoms with Crippen LogP contribution in [-0.2, 0) is 4.79 Å². The normalized spacial score (nSPS) is 12.4. The molecule has 88 valence electrons. The van der Waals surface area contributed by atoms with Gasteiger partial charge in [-0.25, -0.2) is 0 Å². The summed E-state index contributed by atoms with van der Waals surface area (Å²) in [5.41, 5.74) is 6.77. The SMILES string of the molecule is CSc1ccc(C(N)CC(=O)O)c(SC)c1. The Balaban J connectivity index is 2.98. The lowest BCUT2D eigenvalue weighted by Crippen LogP contribution is -2.15. The zero-order chi connectivity index (χ0) is 12.1. The van der Waals surface area contributed by atoms with Gasteiger partial charge in [-0.2, -0.15) is 0 Å². The lowest BCUT2D eigenvalue weighted by molar-refractivity contribution is -0.137. The van der Waals surface area contributed by atoms with Crippen molar-refractivity contribution in [1.29, 1.82) is 0 Å². The number of hydrogen-bond acceptors (Lipinski definition) is 4. The minimum Gasteiger partial charge on any atom is -0.481 e. The first-order chi connectivity index (χ1) is 7.58. The van der Waals surface area contributed by atoms with Crippen LogP contribution >= 0.6 is 23.5 Å². The number of nitrogens with two attached hydrogens (primary N) is 1. The zero-order valence-corrected chi connectivity index (χ0v) is 10.9. The van der Waals surface area contributed by atoms with E-state index in [0.717, 1.165) is 15.4 Å². The minimum absolute atomic E-state index is 0.0355. The first-order valence-electron chi connectivity index (χ1n) is 4.77. The van der Waals surface area contributed by atoms with E-state index >= 15 is 0 Å². The highest BCUT2D eigenvalue weighted by atomic mass is 32.2. The van der Waals surface area contributed by atoms with Crippen LogP contribution in [0.25, 0.3) is 0 Å². The molecule has 1 rings (SSSR count). The molecule has 0 aliphatic heterocycles. The van der Waals surface area contributed by atoms with Crippen molar-refractivity contribution in [2.45, 2.75) is 22.3 Å².